The summed E-state index contributed by atoms with van der Waals surface area (Å²) in [6, 6.07) is 5.86. The van der Waals surface area contributed by atoms with Gasteiger partial charge in [-0.1, -0.05) is 0 Å². The van der Waals surface area contributed by atoms with Crippen LogP contribution in [0.1, 0.15) is 36.9 Å². The maximum Gasteiger partial charge on any atom is 0.213 e. The Labute approximate surface area is 129 Å². The van der Waals surface area contributed by atoms with Gasteiger partial charge < -0.3 is 10.1 Å². The van der Waals surface area contributed by atoms with E-state index in [9.17, 15) is 0 Å². The third-order valence-electron chi connectivity index (χ3n) is 3.65. The average molecular weight is 295 g/mol. The van der Waals surface area contributed by atoms with E-state index >= 15 is 0 Å². The van der Waals surface area contributed by atoms with Crippen molar-refractivity contribution >= 4 is 5.82 Å². The summed E-state index contributed by atoms with van der Waals surface area (Å²) >= 11 is 0. The summed E-state index contributed by atoms with van der Waals surface area (Å²) in [7, 11) is 0. The first-order valence-corrected chi connectivity index (χ1v) is 7.42. The Morgan fingerprint density at radius 1 is 1.18 bits per heavy atom. The average Bonchev–Trinajstić information content (AvgIpc) is 3.06. The van der Waals surface area contributed by atoms with Crippen molar-refractivity contribution in [3.63, 3.8) is 0 Å². The minimum absolute atomic E-state index is 0.291. The summed E-state index contributed by atoms with van der Waals surface area (Å²) in [4.78, 5) is 12.4. The van der Waals surface area contributed by atoms with Gasteiger partial charge in [-0.25, -0.2) is 15.0 Å². The van der Waals surface area contributed by atoms with Crippen LogP contribution in [0.25, 0.3) is 0 Å². The van der Waals surface area contributed by atoms with Crippen LogP contribution in [0.3, 0.4) is 0 Å². The molecule has 1 aliphatic carbocycles. The van der Waals surface area contributed by atoms with Gasteiger partial charge in [-0.15, -0.1) is 0 Å². The fourth-order valence-corrected chi connectivity index (χ4v) is 2.54. The minimum atomic E-state index is 0.291. The Hall–Kier alpha value is -2.68. The van der Waals surface area contributed by atoms with Crippen molar-refractivity contribution in [1.29, 1.82) is 5.26 Å². The molecule has 0 unspecified atom stereocenters. The van der Waals surface area contributed by atoms with E-state index in [4.69, 9.17) is 10.00 Å². The summed E-state index contributed by atoms with van der Waals surface area (Å²) in [6.07, 6.45) is 9.77. The number of hydrogen-bond donors (Lipinski definition) is 1. The molecule has 0 bridgehead atoms. The predicted octanol–water partition coefficient (Wildman–Crippen LogP) is 2.68. The molecule has 0 amide bonds. The zero-order chi connectivity index (χ0) is 15.2. The lowest BCUT2D eigenvalue weighted by Crippen LogP contribution is -2.12. The first-order valence-electron chi connectivity index (χ1n) is 7.42. The summed E-state index contributed by atoms with van der Waals surface area (Å²) < 4.78 is 5.89. The first-order chi connectivity index (χ1) is 10.8. The van der Waals surface area contributed by atoms with Crippen LogP contribution in [0.15, 0.2) is 30.7 Å². The number of aromatic nitrogens is 3. The summed E-state index contributed by atoms with van der Waals surface area (Å²) in [6.45, 7) is 0.539. The van der Waals surface area contributed by atoms with E-state index < -0.39 is 0 Å². The van der Waals surface area contributed by atoms with Crippen molar-refractivity contribution in [2.45, 2.75) is 38.3 Å². The highest BCUT2D eigenvalue weighted by atomic mass is 16.5. The molecule has 112 valence electrons. The Morgan fingerprint density at radius 3 is 2.82 bits per heavy atom. The van der Waals surface area contributed by atoms with Crippen LogP contribution in [0.5, 0.6) is 5.88 Å². The second-order valence-electron chi connectivity index (χ2n) is 5.25. The molecule has 0 saturated heterocycles. The van der Waals surface area contributed by atoms with Gasteiger partial charge in [0.2, 0.25) is 5.88 Å². The largest absolute Gasteiger partial charge is 0.474 e. The number of ether oxygens (including phenoxy) is 1. The van der Waals surface area contributed by atoms with Crippen molar-refractivity contribution in [2.75, 3.05) is 5.32 Å². The van der Waals surface area contributed by atoms with Crippen molar-refractivity contribution in [2.24, 2.45) is 0 Å². The quantitative estimate of drug-likeness (QED) is 0.913. The van der Waals surface area contributed by atoms with E-state index in [1.54, 1.807) is 12.4 Å². The van der Waals surface area contributed by atoms with E-state index in [2.05, 4.69) is 20.3 Å². The summed E-state index contributed by atoms with van der Waals surface area (Å²) in [5.74, 6) is 1.14. The topological polar surface area (TPSA) is 83.7 Å². The monoisotopic (exact) mass is 295 g/mol. The van der Waals surface area contributed by atoms with E-state index in [0.29, 0.717) is 30.0 Å². The van der Waals surface area contributed by atoms with Crippen LogP contribution in [0, 0.1) is 11.3 Å². The molecular weight excluding hydrogens is 278 g/mol. The van der Waals surface area contributed by atoms with Gasteiger partial charge >= 0.3 is 0 Å². The predicted molar refractivity (Wildman–Crippen MR) is 81.2 cm³/mol. The van der Waals surface area contributed by atoms with Crippen molar-refractivity contribution < 1.29 is 4.74 Å². The maximum atomic E-state index is 9.00. The second kappa shape index (κ2) is 6.85. The third kappa shape index (κ3) is 3.50. The number of nitrogens with zero attached hydrogens (tertiary/aromatic N) is 4. The summed E-state index contributed by atoms with van der Waals surface area (Å²) in [5, 5.41) is 12.1. The highest BCUT2D eigenvalue weighted by molar-refractivity contribution is 5.47. The third-order valence-corrected chi connectivity index (χ3v) is 3.65. The lowest BCUT2D eigenvalue weighted by Gasteiger charge is -2.13. The molecule has 0 aliphatic heterocycles. The first kappa shape index (κ1) is 14.3. The molecular formula is C16H17N5O. The zero-order valence-electron chi connectivity index (χ0n) is 12.2. The molecule has 1 fully saturated rings. The smallest absolute Gasteiger partial charge is 0.213 e. The van der Waals surface area contributed by atoms with E-state index in [1.165, 1.54) is 19.0 Å². The zero-order valence-corrected chi connectivity index (χ0v) is 12.2. The SMILES string of the molecule is N#Cc1nccnc1NCc1ccnc(OC2CCCC2)c1. The van der Waals surface area contributed by atoms with Gasteiger partial charge in [-0.2, -0.15) is 5.26 Å². The molecule has 22 heavy (non-hydrogen) atoms. The lowest BCUT2D eigenvalue weighted by molar-refractivity contribution is 0.201. The van der Waals surface area contributed by atoms with Gasteiger partial charge in [0.1, 0.15) is 12.2 Å². The van der Waals surface area contributed by atoms with Gasteiger partial charge in [-0.05, 0) is 37.3 Å². The van der Waals surface area contributed by atoms with Gasteiger partial charge in [0.15, 0.2) is 11.5 Å². The maximum absolute atomic E-state index is 9.00. The molecule has 6 heteroatoms. The molecule has 1 N–H and O–H groups in total. The van der Waals surface area contributed by atoms with Gasteiger partial charge in [0, 0.05) is 31.2 Å². The number of nitrogens with one attached hydrogen (secondary N) is 1. The molecule has 2 heterocycles. The van der Waals surface area contributed by atoms with E-state index in [-0.39, 0.29) is 0 Å². The second-order valence-corrected chi connectivity index (χ2v) is 5.25. The number of anilines is 1. The van der Waals surface area contributed by atoms with Gasteiger partial charge in [0.25, 0.3) is 0 Å². The fraction of sp³-hybridized carbons (Fsp3) is 0.375. The number of pyridine rings is 1. The van der Waals surface area contributed by atoms with Gasteiger partial charge in [-0.3, -0.25) is 0 Å². The number of nitriles is 1. The van der Waals surface area contributed by atoms with Crippen LogP contribution in [-0.2, 0) is 6.54 Å². The van der Waals surface area contributed by atoms with E-state index in [0.717, 1.165) is 18.4 Å². The lowest BCUT2D eigenvalue weighted by atomic mass is 10.2. The standard InChI is InChI=1S/C16H17N5O/c17-10-14-16(20-8-7-18-14)21-11-12-5-6-19-15(9-12)22-13-3-1-2-4-13/h5-9,13H,1-4,11H2,(H,20,21). The number of hydrogen-bond acceptors (Lipinski definition) is 6. The number of rotatable bonds is 5. The molecule has 0 atom stereocenters. The van der Waals surface area contributed by atoms with E-state index in [1.807, 2.05) is 18.2 Å². The highest BCUT2D eigenvalue weighted by Gasteiger charge is 2.17. The van der Waals surface area contributed by atoms with Crippen LogP contribution >= 0.6 is 0 Å². The Kier molecular flexibility index (Phi) is 4.44. The van der Waals surface area contributed by atoms with Gasteiger partial charge in [0.05, 0.1) is 0 Å². The molecule has 2 aromatic heterocycles. The molecule has 6 nitrogen and oxygen atoms in total. The Morgan fingerprint density at radius 2 is 2.00 bits per heavy atom. The molecule has 2 aromatic rings. The van der Waals surface area contributed by atoms with Crippen LogP contribution in [0.2, 0.25) is 0 Å². The van der Waals surface area contributed by atoms with Crippen LogP contribution in [-0.4, -0.2) is 21.1 Å². The van der Waals surface area contributed by atoms with Crippen LogP contribution in [0.4, 0.5) is 5.82 Å². The fourth-order valence-electron chi connectivity index (χ4n) is 2.54. The summed E-state index contributed by atoms with van der Waals surface area (Å²) in [5.41, 5.74) is 1.32. The highest BCUT2D eigenvalue weighted by Crippen LogP contribution is 2.23. The normalized spacial score (nSPS) is 14.5. The molecule has 1 saturated carbocycles. The molecule has 3 rings (SSSR count). The Bertz CT molecular complexity index is 676. The molecule has 0 aromatic carbocycles. The van der Waals surface area contributed by atoms with Crippen molar-refractivity contribution in [3.05, 3.63) is 42.0 Å². The van der Waals surface area contributed by atoms with Crippen molar-refractivity contribution in [3.8, 4) is 11.9 Å². The molecule has 0 spiro atoms. The molecule has 0 radical (unpaired) electrons. The van der Waals surface area contributed by atoms with Crippen molar-refractivity contribution in [1.82, 2.24) is 15.0 Å². The Balaban J connectivity index is 1.64. The molecule has 1 aliphatic rings. The van der Waals surface area contributed by atoms with Crippen LogP contribution < -0.4 is 10.1 Å². The minimum Gasteiger partial charge on any atom is -0.474 e.